The summed E-state index contributed by atoms with van der Waals surface area (Å²) in [6, 6.07) is 15.8. The summed E-state index contributed by atoms with van der Waals surface area (Å²) in [6.07, 6.45) is 2.71. The molecule has 0 aliphatic carbocycles. The van der Waals surface area contributed by atoms with E-state index in [-0.39, 0.29) is 12.1 Å². The third kappa shape index (κ3) is 4.44. The number of carbonyl (C=O) groups is 3. The molecule has 0 aliphatic heterocycles. The Labute approximate surface area is 165 Å². The maximum absolute atomic E-state index is 12.7. The Morgan fingerprint density at radius 1 is 1.04 bits per heavy atom. The van der Waals surface area contributed by atoms with Crippen molar-refractivity contribution >= 4 is 29.3 Å². The van der Waals surface area contributed by atoms with E-state index in [1.165, 1.54) is 17.1 Å². The number of aromatic nitrogens is 2. The molecule has 0 fully saturated rings. The summed E-state index contributed by atoms with van der Waals surface area (Å²) in [5.41, 5.74) is 1.35. The van der Waals surface area contributed by atoms with Gasteiger partial charge in [0.15, 0.2) is 0 Å². The molecule has 0 spiro atoms. The second-order valence-electron chi connectivity index (χ2n) is 5.98. The zero-order chi connectivity index (χ0) is 20.1. The van der Waals surface area contributed by atoms with Gasteiger partial charge in [0.05, 0.1) is 17.4 Å². The summed E-state index contributed by atoms with van der Waals surface area (Å²) in [4.78, 5) is 37.4. The minimum atomic E-state index is -1.23. The van der Waals surface area contributed by atoms with E-state index in [1.807, 2.05) is 18.2 Å². The van der Waals surface area contributed by atoms with E-state index in [2.05, 4.69) is 5.10 Å². The third-order valence-corrected chi connectivity index (χ3v) is 4.36. The van der Waals surface area contributed by atoms with Crippen LogP contribution >= 0.6 is 11.6 Å². The van der Waals surface area contributed by atoms with Gasteiger partial charge in [-0.05, 0) is 23.8 Å². The number of rotatable bonds is 7. The number of hydrogen-bond donors (Lipinski definition) is 1. The Bertz CT molecular complexity index is 1020. The molecule has 0 saturated carbocycles. The van der Waals surface area contributed by atoms with E-state index in [9.17, 15) is 14.4 Å². The molecule has 3 rings (SSSR count). The molecule has 0 bridgehead atoms. The first-order chi connectivity index (χ1) is 13.5. The standard InChI is InChI=1S/C20H16ClN3O4/c21-17-9-5-4-6-14(17)11-23(13-18(25)26)20(28)19(27)15-10-22-24(12-15)16-7-2-1-3-8-16/h1-10,12H,11,13H2,(H,25,26). The van der Waals surface area contributed by atoms with Crippen molar-refractivity contribution < 1.29 is 19.5 Å². The van der Waals surface area contributed by atoms with Crippen LogP contribution in [0.1, 0.15) is 15.9 Å². The average molecular weight is 398 g/mol. The molecule has 142 valence electrons. The topological polar surface area (TPSA) is 92.5 Å². The minimum Gasteiger partial charge on any atom is -0.480 e. The summed E-state index contributed by atoms with van der Waals surface area (Å²) in [5.74, 6) is -3.00. The maximum atomic E-state index is 12.7. The smallest absolute Gasteiger partial charge is 0.323 e. The van der Waals surface area contributed by atoms with Crippen LogP contribution in [-0.2, 0) is 16.1 Å². The van der Waals surface area contributed by atoms with Crippen LogP contribution in [0.2, 0.25) is 5.02 Å². The van der Waals surface area contributed by atoms with Gasteiger partial charge in [-0.25, -0.2) is 4.68 Å². The molecule has 0 saturated heterocycles. The van der Waals surface area contributed by atoms with E-state index in [0.717, 1.165) is 10.6 Å². The van der Waals surface area contributed by atoms with E-state index >= 15 is 0 Å². The van der Waals surface area contributed by atoms with Crippen LogP contribution in [0.25, 0.3) is 5.69 Å². The first-order valence-electron chi connectivity index (χ1n) is 8.34. The van der Waals surface area contributed by atoms with E-state index in [1.54, 1.807) is 36.4 Å². The van der Waals surface area contributed by atoms with Crippen LogP contribution in [0, 0.1) is 0 Å². The Hall–Kier alpha value is -3.45. The molecular weight excluding hydrogens is 382 g/mol. The molecule has 2 aromatic carbocycles. The van der Waals surface area contributed by atoms with Crippen LogP contribution in [-0.4, -0.2) is 44.0 Å². The third-order valence-electron chi connectivity index (χ3n) is 3.99. The lowest BCUT2D eigenvalue weighted by atomic mass is 10.1. The Kier molecular flexibility index (Phi) is 5.86. The van der Waals surface area contributed by atoms with Gasteiger partial charge in [-0.15, -0.1) is 0 Å². The summed E-state index contributed by atoms with van der Waals surface area (Å²) in [7, 11) is 0. The largest absolute Gasteiger partial charge is 0.480 e. The van der Waals surface area contributed by atoms with Crippen molar-refractivity contribution in [1.82, 2.24) is 14.7 Å². The van der Waals surface area contributed by atoms with Crippen LogP contribution in [0.15, 0.2) is 67.0 Å². The van der Waals surface area contributed by atoms with E-state index in [0.29, 0.717) is 10.6 Å². The molecule has 0 unspecified atom stereocenters. The van der Waals surface area contributed by atoms with Crippen molar-refractivity contribution in [2.75, 3.05) is 6.54 Å². The Morgan fingerprint density at radius 2 is 1.71 bits per heavy atom. The molecule has 1 amide bonds. The number of hydrogen-bond acceptors (Lipinski definition) is 4. The second kappa shape index (κ2) is 8.49. The fraction of sp³-hybridized carbons (Fsp3) is 0.100. The van der Waals surface area contributed by atoms with Crippen molar-refractivity contribution in [2.24, 2.45) is 0 Å². The summed E-state index contributed by atoms with van der Waals surface area (Å²) in [5, 5.41) is 13.6. The van der Waals surface area contributed by atoms with Crippen LogP contribution < -0.4 is 0 Å². The van der Waals surface area contributed by atoms with E-state index in [4.69, 9.17) is 16.7 Å². The molecule has 3 aromatic rings. The summed E-state index contributed by atoms with van der Waals surface area (Å²) < 4.78 is 1.47. The molecular formula is C20H16ClN3O4. The molecule has 28 heavy (non-hydrogen) atoms. The average Bonchev–Trinajstić information content (AvgIpc) is 3.18. The Morgan fingerprint density at radius 3 is 2.39 bits per heavy atom. The number of carboxylic acid groups (broad SMARTS) is 1. The number of Topliss-reactive ketones (excluding diaryl/α,β-unsaturated/α-hetero) is 1. The van der Waals surface area contributed by atoms with Crippen LogP contribution in [0.4, 0.5) is 0 Å². The number of para-hydroxylation sites is 1. The molecule has 1 heterocycles. The highest BCUT2D eigenvalue weighted by atomic mass is 35.5. The number of carbonyl (C=O) groups excluding carboxylic acids is 2. The SMILES string of the molecule is O=C(O)CN(Cc1ccccc1Cl)C(=O)C(=O)c1cnn(-c2ccccc2)c1. The normalized spacial score (nSPS) is 10.5. The van der Waals surface area contributed by atoms with Gasteiger partial charge in [0, 0.05) is 17.8 Å². The molecule has 1 N–H and O–H groups in total. The van der Waals surface area contributed by atoms with Crippen molar-refractivity contribution in [2.45, 2.75) is 6.54 Å². The fourth-order valence-electron chi connectivity index (χ4n) is 2.62. The van der Waals surface area contributed by atoms with E-state index < -0.39 is 24.2 Å². The first-order valence-corrected chi connectivity index (χ1v) is 8.72. The number of halogens is 1. The highest BCUT2D eigenvalue weighted by Crippen LogP contribution is 2.18. The molecule has 8 heteroatoms. The Balaban J connectivity index is 1.82. The maximum Gasteiger partial charge on any atom is 0.323 e. The summed E-state index contributed by atoms with van der Waals surface area (Å²) in [6.45, 7) is -0.716. The van der Waals surface area contributed by atoms with Gasteiger partial charge in [0.1, 0.15) is 6.54 Å². The van der Waals surface area contributed by atoms with Crippen molar-refractivity contribution in [3.63, 3.8) is 0 Å². The lowest BCUT2D eigenvalue weighted by Crippen LogP contribution is -2.39. The number of carboxylic acids is 1. The lowest BCUT2D eigenvalue weighted by molar-refractivity contribution is -0.143. The van der Waals surface area contributed by atoms with Crippen LogP contribution in [0.3, 0.4) is 0 Å². The van der Waals surface area contributed by atoms with Gasteiger partial charge in [-0.2, -0.15) is 5.10 Å². The monoisotopic (exact) mass is 397 g/mol. The highest BCUT2D eigenvalue weighted by molar-refractivity contribution is 6.42. The fourth-order valence-corrected chi connectivity index (χ4v) is 2.82. The predicted molar refractivity (Wildman–Crippen MR) is 102 cm³/mol. The quantitative estimate of drug-likeness (QED) is 0.489. The van der Waals surface area contributed by atoms with Crippen molar-refractivity contribution in [1.29, 1.82) is 0 Å². The first kappa shape index (κ1) is 19.3. The molecule has 7 nitrogen and oxygen atoms in total. The molecule has 0 aliphatic rings. The zero-order valence-corrected chi connectivity index (χ0v) is 15.4. The van der Waals surface area contributed by atoms with Gasteiger partial charge in [-0.1, -0.05) is 48.0 Å². The van der Waals surface area contributed by atoms with Gasteiger partial charge >= 0.3 is 5.97 Å². The number of benzene rings is 2. The van der Waals surface area contributed by atoms with Gasteiger partial charge in [-0.3, -0.25) is 14.4 Å². The number of ketones is 1. The summed E-state index contributed by atoms with van der Waals surface area (Å²) >= 11 is 6.09. The van der Waals surface area contributed by atoms with Gasteiger partial charge in [0.25, 0.3) is 11.7 Å². The highest BCUT2D eigenvalue weighted by Gasteiger charge is 2.26. The minimum absolute atomic E-state index is 0.0726. The molecule has 0 radical (unpaired) electrons. The number of amides is 1. The number of nitrogens with zero attached hydrogens (tertiary/aromatic N) is 3. The molecule has 0 atom stereocenters. The van der Waals surface area contributed by atoms with Crippen molar-refractivity contribution in [3.05, 3.63) is 83.1 Å². The van der Waals surface area contributed by atoms with Gasteiger partial charge < -0.3 is 10.0 Å². The second-order valence-corrected chi connectivity index (χ2v) is 6.39. The molecule has 1 aromatic heterocycles. The van der Waals surface area contributed by atoms with Gasteiger partial charge in [0.2, 0.25) is 0 Å². The zero-order valence-electron chi connectivity index (χ0n) is 14.7. The number of aliphatic carboxylic acids is 1. The predicted octanol–water partition coefficient (Wildman–Crippen LogP) is 2.82. The van der Waals surface area contributed by atoms with Crippen LogP contribution in [0.5, 0.6) is 0 Å². The van der Waals surface area contributed by atoms with Crippen molar-refractivity contribution in [3.8, 4) is 5.69 Å². The lowest BCUT2D eigenvalue weighted by Gasteiger charge is -2.20.